The third-order valence-corrected chi connectivity index (χ3v) is 5.42. The van der Waals surface area contributed by atoms with Gasteiger partial charge >= 0.3 is 0 Å². The highest BCUT2D eigenvalue weighted by Crippen LogP contribution is 2.25. The van der Waals surface area contributed by atoms with E-state index in [0.29, 0.717) is 11.1 Å². The minimum atomic E-state index is -0.0433. The number of benzene rings is 2. The lowest BCUT2D eigenvalue weighted by atomic mass is 10.0. The molecule has 0 spiro atoms. The van der Waals surface area contributed by atoms with Crippen LogP contribution in [0.25, 0.3) is 11.5 Å². The Hall–Kier alpha value is -2.60. The van der Waals surface area contributed by atoms with Crippen molar-refractivity contribution in [1.82, 2.24) is 15.5 Å². The van der Waals surface area contributed by atoms with Crippen LogP contribution in [0.1, 0.15) is 42.5 Å². The number of thioether (sulfide) groups is 1. The summed E-state index contributed by atoms with van der Waals surface area (Å²) in [6.07, 6.45) is 1.90. The Balaban J connectivity index is 1.58. The van der Waals surface area contributed by atoms with Crippen LogP contribution >= 0.6 is 11.8 Å². The summed E-state index contributed by atoms with van der Waals surface area (Å²) >= 11 is 1.25. The van der Waals surface area contributed by atoms with Crippen LogP contribution in [-0.4, -0.2) is 21.9 Å². The maximum Gasteiger partial charge on any atom is 0.277 e. The molecule has 1 aromatic heterocycles. The van der Waals surface area contributed by atoms with Crippen LogP contribution in [0.5, 0.6) is 0 Å². The quantitative estimate of drug-likeness (QED) is 0.537. The minimum absolute atomic E-state index is 0.0214. The van der Waals surface area contributed by atoms with Gasteiger partial charge in [-0.3, -0.25) is 4.79 Å². The van der Waals surface area contributed by atoms with Gasteiger partial charge in [-0.25, -0.2) is 0 Å². The van der Waals surface area contributed by atoms with Gasteiger partial charge in [0.25, 0.3) is 5.22 Å². The zero-order valence-electron chi connectivity index (χ0n) is 16.4. The highest BCUT2D eigenvalue weighted by atomic mass is 32.2. The summed E-state index contributed by atoms with van der Waals surface area (Å²) in [5.41, 5.74) is 4.40. The fraction of sp³-hybridized carbons (Fsp3) is 0.318. The zero-order chi connectivity index (χ0) is 19.9. The molecule has 5 nitrogen and oxygen atoms in total. The molecular weight excluding hydrogens is 370 g/mol. The van der Waals surface area contributed by atoms with Gasteiger partial charge in [0.1, 0.15) is 0 Å². The molecule has 3 rings (SSSR count). The molecule has 0 aliphatic rings. The molecule has 0 saturated heterocycles. The number of nitrogens with zero attached hydrogens (tertiary/aromatic N) is 2. The standard InChI is InChI=1S/C22H25N3O2S/c1-4-8-19(17-9-6-5-7-10-17)23-20(26)14-28-22-25-24-21(27-22)18-12-11-15(2)16(3)13-18/h5-7,9-13,19H,4,8,14H2,1-3H3,(H,23,26)/t19-/m0/s1. The number of carbonyl (C=O) groups excluding carboxylic acids is 1. The molecule has 6 heteroatoms. The van der Waals surface area contributed by atoms with Crippen LogP contribution in [-0.2, 0) is 4.79 Å². The second-order valence-electron chi connectivity index (χ2n) is 6.78. The van der Waals surface area contributed by atoms with Gasteiger partial charge in [-0.1, -0.05) is 61.5 Å². The first-order chi connectivity index (χ1) is 13.6. The van der Waals surface area contributed by atoms with E-state index in [-0.39, 0.29) is 17.7 Å². The first kappa shape index (κ1) is 20.1. The fourth-order valence-corrected chi connectivity index (χ4v) is 3.49. The number of amides is 1. The van der Waals surface area contributed by atoms with Crippen molar-refractivity contribution in [3.63, 3.8) is 0 Å². The van der Waals surface area contributed by atoms with Gasteiger partial charge in [-0.15, -0.1) is 10.2 Å². The second-order valence-corrected chi connectivity index (χ2v) is 7.71. The summed E-state index contributed by atoms with van der Waals surface area (Å²) in [7, 11) is 0. The van der Waals surface area contributed by atoms with Crippen molar-refractivity contribution >= 4 is 17.7 Å². The highest BCUT2D eigenvalue weighted by molar-refractivity contribution is 7.99. The van der Waals surface area contributed by atoms with E-state index in [2.05, 4.69) is 36.3 Å². The molecule has 0 unspecified atom stereocenters. The highest BCUT2D eigenvalue weighted by Gasteiger charge is 2.16. The number of nitrogens with one attached hydrogen (secondary N) is 1. The van der Waals surface area contributed by atoms with Gasteiger partial charge in [0.2, 0.25) is 11.8 Å². The number of aryl methyl sites for hydroxylation is 2. The van der Waals surface area contributed by atoms with Crippen molar-refractivity contribution in [3.05, 3.63) is 65.2 Å². The van der Waals surface area contributed by atoms with Crippen molar-refractivity contribution in [2.24, 2.45) is 0 Å². The molecule has 1 N–H and O–H groups in total. The molecule has 0 saturated carbocycles. The van der Waals surface area contributed by atoms with Crippen LogP contribution < -0.4 is 5.32 Å². The average molecular weight is 396 g/mol. The molecule has 28 heavy (non-hydrogen) atoms. The Labute approximate surface area is 170 Å². The molecule has 0 bridgehead atoms. The molecule has 0 fully saturated rings. The maximum atomic E-state index is 12.4. The lowest BCUT2D eigenvalue weighted by Gasteiger charge is -2.18. The van der Waals surface area contributed by atoms with Crippen molar-refractivity contribution in [2.75, 3.05) is 5.75 Å². The third-order valence-electron chi connectivity index (χ3n) is 4.60. The third kappa shape index (κ3) is 5.23. The largest absolute Gasteiger partial charge is 0.411 e. The summed E-state index contributed by atoms with van der Waals surface area (Å²) in [5, 5.41) is 11.7. The second kappa shape index (κ2) is 9.55. The summed E-state index contributed by atoms with van der Waals surface area (Å²) in [6, 6.07) is 16.1. The molecule has 1 amide bonds. The van der Waals surface area contributed by atoms with Crippen molar-refractivity contribution in [2.45, 2.75) is 44.9 Å². The average Bonchev–Trinajstić information content (AvgIpc) is 3.18. The monoisotopic (exact) mass is 395 g/mol. The molecule has 0 aliphatic carbocycles. The van der Waals surface area contributed by atoms with Gasteiger partial charge < -0.3 is 9.73 Å². The van der Waals surface area contributed by atoms with Gasteiger partial charge in [0.05, 0.1) is 11.8 Å². The summed E-state index contributed by atoms with van der Waals surface area (Å²) in [6.45, 7) is 6.23. The minimum Gasteiger partial charge on any atom is -0.411 e. The first-order valence-electron chi connectivity index (χ1n) is 9.45. The number of carbonyl (C=O) groups is 1. The molecule has 146 valence electrons. The molecule has 0 radical (unpaired) electrons. The van der Waals surface area contributed by atoms with Crippen molar-refractivity contribution in [3.8, 4) is 11.5 Å². The van der Waals surface area contributed by atoms with Gasteiger partial charge in [0, 0.05) is 5.56 Å². The fourth-order valence-electron chi connectivity index (χ4n) is 2.92. The van der Waals surface area contributed by atoms with E-state index in [0.717, 1.165) is 24.0 Å². The molecular formula is C22H25N3O2S. The number of aromatic nitrogens is 2. The van der Waals surface area contributed by atoms with E-state index in [1.807, 2.05) is 48.5 Å². The Kier molecular flexibility index (Phi) is 6.87. The van der Waals surface area contributed by atoms with E-state index in [9.17, 15) is 4.79 Å². The lowest BCUT2D eigenvalue weighted by molar-refractivity contribution is -0.119. The number of hydrogen-bond donors (Lipinski definition) is 1. The van der Waals surface area contributed by atoms with Gasteiger partial charge in [-0.2, -0.15) is 0 Å². The van der Waals surface area contributed by atoms with Crippen LogP contribution in [0.4, 0.5) is 0 Å². The predicted molar refractivity (Wildman–Crippen MR) is 112 cm³/mol. The van der Waals surface area contributed by atoms with E-state index in [4.69, 9.17) is 4.42 Å². The molecule has 1 atom stereocenters. The van der Waals surface area contributed by atoms with Crippen LogP contribution in [0.3, 0.4) is 0 Å². The van der Waals surface area contributed by atoms with Crippen molar-refractivity contribution in [1.29, 1.82) is 0 Å². The SMILES string of the molecule is CCC[C@H](NC(=O)CSc1nnc(-c2ccc(C)c(C)c2)o1)c1ccccc1. The van der Waals surface area contributed by atoms with Gasteiger partial charge in [0.15, 0.2) is 0 Å². The van der Waals surface area contributed by atoms with E-state index < -0.39 is 0 Å². The van der Waals surface area contributed by atoms with Crippen LogP contribution in [0.2, 0.25) is 0 Å². The van der Waals surface area contributed by atoms with E-state index >= 15 is 0 Å². The zero-order valence-corrected chi connectivity index (χ0v) is 17.3. The smallest absolute Gasteiger partial charge is 0.277 e. The normalized spacial score (nSPS) is 12.0. The summed E-state index contributed by atoms with van der Waals surface area (Å²) in [5.74, 6) is 0.666. The Bertz CT molecular complexity index is 925. The molecule has 2 aromatic carbocycles. The summed E-state index contributed by atoms with van der Waals surface area (Å²) < 4.78 is 5.71. The maximum absolute atomic E-state index is 12.4. The predicted octanol–water partition coefficient (Wildman–Crippen LogP) is 5.10. The van der Waals surface area contributed by atoms with Crippen molar-refractivity contribution < 1.29 is 9.21 Å². The van der Waals surface area contributed by atoms with Crippen LogP contribution in [0.15, 0.2) is 58.2 Å². The first-order valence-corrected chi connectivity index (χ1v) is 10.4. The van der Waals surface area contributed by atoms with Crippen LogP contribution in [0, 0.1) is 13.8 Å². The molecule has 0 aliphatic heterocycles. The topological polar surface area (TPSA) is 68.0 Å². The Morgan fingerprint density at radius 3 is 2.61 bits per heavy atom. The van der Waals surface area contributed by atoms with E-state index in [1.165, 1.54) is 22.9 Å². The Morgan fingerprint density at radius 1 is 1.11 bits per heavy atom. The summed E-state index contributed by atoms with van der Waals surface area (Å²) in [4.78, 5) is 12.4. The molecule has 1 heterocycles. The lowest BCUT2D eigenvalue weighted by Crippen LogP contribution is -2.29. The number of hydrogen-bond acceptors (Lipinski definition) is 5. The number of rotatable bonds is 8. The van der Waals surface area contributed by atoms with Gasteiger partial charge in [-0.05, 0) is 49.1 Å². The molecule has 3 aromatic rings. The Morgan fingerprint density at radius 2 is 1.89 bits per heavy atom. The van der Waals surface area contributed by atoms with E-state index in [1.54, 1.807) is 0 Å².